The predicted octanol–water partition coefficient (Wildman–Crippen LogP) is 1.55. The van der Waals surface area contributed by atoms with Crippen molar-refractivity contribution in [3.8, 4) is 12.3 Å². The molecule has 1 aliphatic rings. The second-order valence-electron chi connectivity index (χ2n) is 5.26. The molecule has 4 nitrogen and oxygen atoms in total. The Hall–Kier alpha value is -1.50. The summed E-state index contributed by atoms with van der Waals surface area (Å²) in [6.07, 6.45) is 8.00. The number of hydrogen-bond acceptors (Lipinski definition) is 2. The molecule has 4 atom stereocenters. The molecule has 0 aromatic carbocycles. The molecule has 0 aromatic heterocycles. The summed E-state index contributed by atoms with van der Waals surface area (Å²) >= 11 is 0. The van der Waals surface area contributed by atoms with Gasteiger partial charge in [0.15, 0.2) is 0 Å². The number of carbonyl (C=O) groups excluding carboxylic acids is 2. The zero-order valence-electron chi connectivity index (χ0n) is 12.3. The number of carbonyl (C=O) groups is 2. The highest BCUT2D eigenvalue weighted by molar-refractivity contribution is 5.97. The van der Waals surface area contributed by atoms with Crippen LogP contribution in [0.5, 0.6) is 0 Å². The van der Waals surface area contributed by atoms with Crippen LogP contribution in [0.3, 0.4) is 0 Å². The zero-order valence-corrected chi connectivity index (χ0v) is 12.3. The summed E-state index contributed by atoms with van der Waals surface area (Å²) in [5.41, 5.74) is 0. The van der Waals surface area contributed by atoms with E-state index in [-0.39, 0.29) is 23.8 Å². The van der Waals surface area contributed by atoms with E-state index >= 15 is 0 Å². The molecule has 1 aliphatic heterocycles. The largest absolute Gasteiger partial charge is 0.342 e. The molecule has 2 amide bonds. The fourth-order valence-corrected chi connectivity index (χ4v) is 2.43. The van der Waals surface area contributed by atoms with Gasteiger partial charge in [0.1, 0.15) is 12.1 Å². The number of nitrogens with one attached hydrogen (secondary N) is 1. The number of amides is 2. The van der Waals surface area contributed by atoms with Crippen molar-refractivity contribution in [2.24, 2.45) is 5.92 Å². The Morgan fingerprint density at radius 2 is 2.05 bits per heavy atom. The number of piperazine rings is 1. The molecule has 0 spiro atoms. The van der Waals surface area contributed by atoms with Crippen LogP contribution >= 0.6 is 0 Å². The first-order valence-corrected chi connectivity index (χ1v) is 7.06. The minimum atomic E-state index is -0.486. The van der Waals surface area contributed by atoms with Crippen molar-refractivity contribution < 1.29 is 9.59 Å². The summed E-state index contributed by atoms with van der Waals surface area (Å²) < 4.78 is 0. The van der Waals surface area contributed by atoms with E-state index < -0.39 is 12.1 Å². The van der Waals surface area contributed by atoms with Gasteiger partial charge in [-0.25, -0.2) is 0 Å². The van der Waals surface area contributed by atoms with E-state index in [1.165, 1.54) is 0 Å². The number of terminal acetylenes is 1. The quantitative estimate of drug-likeness (QED) is 0.766. The van der Waals surface area contributed by atoms with Gasteiger partial charge in [0, 0.05) is 0 Å². The number of hydrogen-bond donors (Lipinski definition) is 1. The maximum atomic E-state index is 12.6. The van der Waals surface area contributed by atoms with Crippen LogP contribution in [0.4, 0.5) is 0 Å². The first-order valence-electron chi connectivity index (χ1n) is 7.06. The summed E-state index contributed by atoms with van der Waals surface area (Å²) in [4.78, 5) is 26.2. The molecule has 0 aromatic rings. The maximum absolute atomic E-state index is 12.6. The smallest absolute Gasteiger partial charge is 0.247 e. The molecule has 1 heterocycles. The average molecular weight is 264 g/mol. The van der Waals surface area contributed by atoms with Crippen LogP contribution in [0.2, 0.25) is 0 Å². The van der Waals surface area contributed by atoms with E-state index in [1.807, 2.05) is 20.8 Å². The highest BCUT2D eigenvalue weighted by Gasteiger charge is 2.42. The van der Waals surface area contributed by atoms with Crippen molar-refractivity contribution >= 4 is 11.8 Å². The Morgan fingerprint density at radius 3 is 2.53 bits per heavy atom. The normalized spacial score (nSPS) is 26.6. The van der Waals surface area contributed by atoms with E-state index in [0.717, 1.165) is 19.3 Å². The van der Waals surface area contributed by atoms with Crippen molar-refractivity contribution in [2.45, 2.75) is 65.1 Å². The van der Waals surface area contributed by atoms with Gasteiger partial charge in [0.2, 0.25) is 11.8 Å². The van der Waals surface area contributed by atoms with E-state index in [0.29, 0.717) is 0 Å². The number of rotatable bonds is 5. The van der Waals surface area contributed by atoms with Crippen LogP contribution in [-0.4, -0.2) is 34.8 Å². The van der Waals surface area contributed by atoms with Gasteiger partial charge in [0.05, 0.1) is 6.04 Å². The second-order valence-corrected chi connectivity index (χ2v) is 5.26. The van der Waals surface area contributed by atoms with Crippen molar-refractivity contribution in [3.63, 3.8) is 0 Å². The first kappa shape index (κ1) is 15.6. The van der Waals surface area contributed by atoms with Gasteiger partial charge in [0.25, 0.3) is 0 Å². The van der Waals surface area contributed by atoms with Gasteiger partial charge in [-0.3, -0.25) is 9.59 Å². The van der Waals surface area contributed by atoms with Gasteiger partial charge in [-0.1, -0.05) is 39.5 Å². The van der Waals surface area contributed by atoms with Crippen molar-refractivity contribution in [1.82, 2.24) is 10.2 Å². The molecule has 0 bridgehead atoms. The highest BCUT2D eigenvalue weighted by Crippen LogP contribution is 2.21. The maximum Gasteiger partial charge on any atom is 0.247 e. The second kappa shape index (κ2) is 6.60. The fourth-order valence-electron chi connectivity index (χ4n) is 2.43. The van der Waals surface area contributed by atoms with Gasteiger partial charge < -0.3 is 10.2 Å². The van der Waals surface area contributed by atoms with Crippen LogP contribution < -0.4 is 5.32 Å². The molecule has 19 heavy (non-hydrogen) atoms. The monoisotopic (exact) mass is 264 g/mol. The molecule has 1 rings (SSSR count). The van der Waals surface area contributed by atoms with Gasteiger partial charge in [-0.15, -0.1) is 6.42 Å². The van der Waals surface area contributed by atoms with Crippen LogP contribution in [0, 0.1) is 18.3 Å². The topological polar surface area (TPSA) is 49.4 Å². The Bertz CT molecular complexity index is 386. The molecule has 4 unspecified atom stereocenters. The Morgan fingerprint density at radius 1 is 1.42 bits per heavy atom. The third kappa shape index (κ3) is 3.09. The average Bonchev–Trinajstić information content (AvgIpc) is 2.41. The molecule has 0 aliphatic carbocycles. The SMILES string of the molecule is C#CC(CCC)N1C(=O)C(C(C)CC)NC(=O)C1C. The number of nitrogens with zero attached hydrogens (tertiary/aromatic N) is 1. The summed E-state index contributed by atoms with van der Waals surface area (Å²) in [7, 11) is 0. The molecule has 4 heteroatoms. The third-order valence-electron chi connectivity index (χ3n) is 3.92. The Balaban J connectivity index is 3.02. The lowest BCUT2D eigenvalue weighted by atomic mass is 9.93. The predicted molar refractivity (Wildman–Crippen MR) is 75.2 cm³/mol. The summed E-state index contributed by atoms with van der Waals surface area (Å²) in [6, 6.07) is -1.22. The minimum Gasteiger partial charge on any atom is -0.342 e. The van der Waals surface area contributed by atoms with Crippen LogP contribution in [-0.2, 0) is 9.59 Å². The van der Waals surface area contributed by atoms with Crippen LogP contribution in [0.15, 0.2) is 0 Å². The zero-order chi connectivity index (χ0) is 14.6. The van der Waals surface area contributed by atoms with Crippen molar-refractivity contribution in [3.05, 3.63) is 0 Å². The lowest BCUT2D eigenvalue weighted by molar-refractivity contribution is -0.151. The van der Waals surface area contributed by atoms with Gasteiger partial charge in [-0.2, -0.15) is 0 Å². The molecular formula is C15H24N2O2. The molecule has 1 saturated heterocycles. The van der Waals surface area contributed by atoms with Gasteiger partial charge >= 0.3 is 0 Å². The lowest BCUT2D eigenvalue weighted by Gasteiger charge is -2.42. The summed E-state index contributed by atoms with van der Waals surface area (Å²) in [6.45, 7) is 7.74. The summed E-state index contributed by atoms with van der Waals surface area (Å²) in [5, 5.41) is 2.82. The molecule has 0 radical (unpaired) electrons. The molecule has 1 fully saturated rings. The van der Waals surface area contributed by atoms with Crippen LogP contribution in [0.1, 0.15) is 47.0 Å². The molecule has 0 saturated carbocycles. The fraction of sp³-hybridized carbons (Fsp3) is 0.733. The van der Waals surface area contributed by atoms with Crippen molar-refractivity contribution in [1.29, 1.82) is 0 Å². The minimum absolute atomic E-state index is 0.0437. The van der Waals surface area contributed by atoms with Crippen molar-refractivity contribution in [2.75, 3.05) is 0 Å². The summed E-state index contributed by atoms with van der Waals surface area (Å²) in [5.74, 6) is 2.62. The van der Waals surface area contributed by atoms with E-state index in [4.69, 9.17) is 6.42 Å². The molecular weight excluding hydrogens is 240 g/mol. The van der Waals surface area contributed by atoms with Gasteiger partial charge in [-0.05, 0) is 19.3 Å². The lowest BCUT2D eigenvalue weighted by Crippen LogP contribution is -2.66. The first-order chi connectivity index (χ1) is 8.97. The van der Waals surface area contributed by atoms with E-state index in [9.17, 15) is 9.59 Å². The van der Waals surface area contributed by atoms with Crippen LogP contribution in [0.25, 0.3) is 0 Å². The third-order valence-corrected chi connectivity index (χ3v) is 3.92. The van der Waals surface area contributed by atoms with E-state index in [1.54, 1.807) is 11.8 Å². The Labute approximate surface area is 115 Å². The highest BCUT2D eigenvalue weighted by atomic mass is 16.2. The Kier molecular flexibility index (Phi) is 5.41. The molecule has 1 N–H and O–H groups in total. The molecule has 106 valence electrons. The standard InChI is InChI=1S/C15H24N2O2/c1-6-9-12(8-3)17-11(5)14(18)16-13(15(17)19)10(4)7-2/h3,10-13H,6-7,9H2,1-2,4-5H3,(H,16,18). The van der Waals surface area contributed by atoms with E-state index in [2.05, 4.69) is 11.2 Å².